The van der Waals surface area contributed by atoms with Gasteiger partial charge in [0, 0.05) is 11.3 Å². The molecule has 2 rings (SSSR count). The van der Waals surface area contributed by atoms with E-state index in [0.29, 0.717) is 21.8 Å². The molecule has 0 spiro atoms. The first-order valence-corrected chi connectivity index (χ1v) is 6.30. The third-order valence-electron chi connectivity index (χ3n) is 2.34. The number of fused-ring (bicyclic) bond motifs is 1. The van der Waals surface area contributed by atoms with Crippen molar-refractivity contribution in [3.05, 3.63) is 44.5 Å². The van der Waals surface area contributed by atoms with E-state index in [2.05, 4.69) is 15.9 Å². The van der Waals surface area contributed by atoms with Crippen LogP contribution in [0.5, 0.6) is 0 Å². The summed E-state index contributed by atoms with van der Waals surface area (Å²) in [5, 5.41) is 0. The molecule has 4 heteroatoms. The summed E-state index contributed by atoms with van der Waals surface area (Å²) in [6, 6.07) is 3.09. The second kappa shape index (κ2) is 4.10. The molecular formula is C11H8BrFOS. The van der Waals surface area contributed by atoms with Crippen molar-refractivity contribution in [2.45, 2.75) is 12.7 Å². The highest BCUT2D eigenvalue weighted by Crippen LogP contribution is 2.34. The van der Waals surface area contributed by atoms with Gasteiger partial charge in [0.1, 0.15) is 5.82 Å². The topological polar surface area (TPSA) is 17.1 Å². The van der Waals surface area contributed by atoms with Crippen molar-refractivity contribution >= 4 is 33.5 Å². The van der Waals surface area contributed by atoms with Crippen LogP contribution in [0.1, 0.15) is 21.5 Å². The maximum Gasteiger partial charge on any atom is 0.200 e. The van der Waals surface area contributed by atoms with Crippen LogP contribution in [0.25, 0.3) is 0 Å². The first-order valence-electron chi connectivity index (χ1n) is 4.40. The fourth-order valence-electron chi connectivity index (χ4n) is 1.49. The summed E-state index contributed by atoms with van der Waals surface area (Å²) in [5.74, 6) is 0.380. The molecule has 1 aliphatic heterocycles. The molecule has 1 aliphatic rings. The lowest BCUT2D eigenvalue weighted by atomic mass is 10.0. The maximum atomic E-state index is 13.3. The van der Waals surface area contributed by atoms with E-state index in [1.54, 1.807) is 18.0 Å². The highest BCUT2D eigenvalue weighted by molar-refractivity contribution is 9.11. The van der Waals surface area contributed by atoms with Crippen LogP contribution in [0.15, 0.2) is 22.0 Å². The van der Waals surface area contributed by atoms with Gasteiger partial charge in [0.05, 0.1) is 4.91 Å². The number of aryl methyl sites for hydroxylation is 1. The lowest BCUT2D eigenvalue weighted by molar-refractivity contribution is 0.104. The second-order valence-electron chi connectivity index (χ2n) is 3.35. The number of hydrogen-bond donors (Lipinski definition) is 0. The van der Waals surface area contributed by atoms with Crippen molar-refractivity contribution in [1.29, 1.82) is 0 Å². The number of allylic oxidation sites excluding steroid dienone is 1. The summed E-state index contributed by atoms with van der Waals surface area (Å²) < 4.78 is 13.3. The third kappa shape index (κ3) is 1.88. The highest BCUT2D eigenvalue weighted by atomic mass is 79.9. The van der Waals surface area contributed by atoms with Gasteiger partial charge in [-0.05, 0) is 35.2 Å². The Bertz CT molecular complexity index is 468. The molecule has 0 aromatic heterocycles. The minimum absolute atomic E-state index is 0.0266. The Balaban J connectivity index is 2.57. The molecule has 0 unspecified atom stereocenters. The van der Waals surface area contributed by atoms with Gasteiger partial charge in [0.15, 0.2) is 5.78 Å². The van der Waals surface area contributed by atoms with Gasteiger partial charge >= 0.3 is 0 Å². The van der Waals surface area contributed by atoms with Crippen LogP contribution in [0, 0.1) is 12.7 Å². The molecule has 0 saturated carbocycles. The molecule has 0 bridgehead atoms. The molecule has 0 saturated heterocycles. The standard InChI is InChI=1S/C11H8BrFOS/c1-6-2-8-7(3-9(6)13)5-15-10(4-12)11(8)14/h2-4H,5H2,1H3. The molecule has 0 aliphatic carbocycles. The smallest absolute Gasteiger partial charge is 0.200 e. The average Bonchev–Trinajstić information content (AvgIpc) is 2.22. The van der Waals surface area contributed by atoms with E-state index in [0.717, 1.165) is 5.56 Å². The fraction of sp³-hybridized carbons (Fsp3) is 0.182. The van der Waals surface area contributed by atoms with Crippen molar-refractivity contribution in [1.82, 2.24) is 0 Å². The van der Waals surface area contributed by atoms with Crippen LogP contribution in [0.4, 0.5) is 4.39 Å². The van der Waals surface area contributed by atoms with Crippen molar-refractivity contribution in [3.8, 4) is 0 Å². The molecule has 1 nitrogen and oxygen atoms in total. The van der Waals surface area contributed by atoms with Gasteiger partial charge in [-0.3, -0.25) is 4.79 Å². The minimum Gasteiger partial charge on any atom is -0.288 e. The van der Waals surface area contributed by atoms with E-state index < -0.39 is 0 Å². The van der Waals surface area contributed by atoms with Crippen LogP contribution in [-0.2, 0) is 5.75 Å². The van der Waals surface area contributed by atoms with Gasteiger partial charge < -0.3 is 0 Å². The summed E-state index contributed by atoms with van der Waals surface area (Å²) >= 11 is 4.58. The number of ketones is 1. The Hall–Kier alpha value is -0.610. The third-order valence-corrected chi connectivity index (χ3v) is 4.17. The normalized spacial score (nSPS) is 18.1. The van der Waals surface area contributed by atoms with E-state index >= 15 is 0 Å². The zero-order valence-corrected chi connectivity index (χ0v) is 10.4. The summed E-state index contributed by atoms with van der Waals surface area (Å²) in [6.45, 7) is 1.67. The van der Waals surface area contributed by atoms with E-state index in [1.807, 2.05) is 0 Å². The van der Waals surface area contributed by atoms with E-state index in [4.69, 9.17) is 0 Å². The van der Waals surface area contributed by atoms with Gasteiger partial charge in [-0.2, -0.15) is 0 Å². The number of Topliss-reactive ketones (excluding diaryl/α,β-unsaturated/α-hetero) is 1. The SMILES string of the molecule is Cc1cc2c(cc1F)CSC(=CBr)C2=O. The molecule has 0 fully saturated rings. The molecule has 78 valence electrons. The number of thioether (sulfide) groups is 1. The Labute approximate surface area is 99.9 Å². The zero-order valence-electron chi connectivity index (χ0n) is 8.01. The Kier molecular flexibility index (Phi) is 2.98. The van der Waals surface area contributed by atoms with Crippen molar-refractivity contribution in [3.63, 3.8) is 0 Å². The molecule has 1 aromatic rings. The minimum atomic E-state index is -0.242. The monoisotopic (exact) mass is 286 g/mol. The van der Waals surface area contributed by atoms with Gasteiger partial charge in [-0.15, -0.1) is 11.8 Å². The molecule has 1 aromatic carbocycles. The maximum absolute atomic E-state index is 13.3. The van der Waals surface area contributed by atoms with Crippen LogP contribution in [0.3, 0.4) is 0 Å². The first kappa shape index (κ1) is 10.9. The number of carbonyl (C=O) groups is 1. The average molecular weight is 287 g/mol. The summed E-state index contributed by atoms with van der Waals surface area (Å²) in [5.41, 5.74) is 1.92. The van der Waals surface area contributed by atoms with Crippen molar-refractivity contribution < 1.29 is 9.18 Å². The Morgan fingerprint density at radius 1 is 1.53 bits per heavy atom. The second-order valence-corrected chi connectivity index (χ2v) is 4.82. The predicted octanol–water partition coefficient (Wildman–Crippen LogP) is 3.80. The van der Waals surface area contributed by atoms with Gasteiger partial charge in [0.25, 0.3) is 0 Å². The molecule has 1 heterocycles. The number of halogens is 2. The quantitative estimate of drug-likeness (QED) is 0.675. The number of benzene rings is 1. The molecule has 0 atom stereocenters. The number of carbonyl (C=O) groups excluding carboxylic acids is 1. The molecule has 0 radical (unpaired) electrons. The van der Waals surface area contributed by atoms with E-state index in [-0.39, 0.29) is 11.6 Å². The number of rotatable bonds is 0. The van der Waals surface area contributed by atoms with Crippen molar-refractivity contribution in [2.75, 3.05) is 0 Å². The van der Waals surface area contributed by atoms with Gasteiger partial charge in [0.2, 0.25) is 0 Å². The largest absolute Gasteiger partial charge is 0.288 e. The highest BCUT2D eigenvalue weighted by Gasteiger charge is 2.23. The van der Waals surface area contributed by atoms with Gasteiger partial charge in [-0.1, -0.05) is 15.9 Å². The Morgan fingerprint density at radius 3 is 2.93 bits per heavy atom. The van der Waals surface area contributed by atoms with Crippen LogP contribution >= 0.6 is 27.7 Å². The summed E-state index contributed by atoms with van der Waals surface area (Å²) in [6.07, 6.45) is 0. The van der Waals surface area contributed by atoms with Gasteiger partial charge in [-0.25, -0.2) is 4.39 Å². The lowest BCUT2D eigenvalue weighted by Gasteiger charge is -2.17. The Morgan fingerprint density at radius 2 is 2.27 bits per heavy atom. The number of hydrogen-bond acceptors (Lipinski definition) is 2. The zero-order chi connectivity index (χ0) is 11.0. The fourth-order valence-corrected chi connectivity index (χ4v) is 2.95. The molecular weight excluding hydrogens is 279 g/mol. The first-order chi connectivity index (χ1) is 7.13. The van der Waals surface area contributed by atoms with Crippen LogP contribution in [-0.4, -0.2) is 5.78 Å². The lowest BCUT2D eigenvalue weighted by Crippen LogP contribution is -2.11. The molecule has 0 N–H and O–H groups in total. The van der Waals surface area contributed by atoms with Crippen molar-refractivity contribution in [2.24, 2.45) is 0 Å². The summed E-state index contributed by atoms with van der Waals surface area (Å²) in [7, 11) is 0. The van der Waals surface area contributed by atoms with Crippen LogP contribution < -0.4 is 0 Å². The predicted molar refractivity (Wildman–Crippen MR) is 63.8 cm³/mol. The summed E-state index contributed by atoms with van der Waals surface area (Å²) in [4.78, 5) is 14.2. The molecule has 15 heavy (non-hydrogen) atoms. The van der Waals surface area contributed by atoms with E-state index in [9.17, 15) is 9.18 Å². The van der Waals surface area contributed by atoms with E-state index in [1.165, 1.54) is 17.8 Å². The van der Waals surface area contributed by atoms with Crippen LogP contribution in [0.2, 0.25) is 0 Å². The molecule has 0 amide bonds.